The molecule has 0 fully saturated rings. The van der Waals surface area contributed by atoms with Crippen LogP contribution in [0.5, 0.6) is 5.75 Å². The van der Waals surface area contributed by atoms with Gasteiger partial charge in [-0.25, -0.2) is 9.18 Å². The molecule has 0 bridgehead atoms. The van der Waals surface area contributed by atoms with Gasteiger partial charge in [0.05, 0.1) is 20.3 Å². The lowest BCUT2D eigenvalue weighted by atomic mass is 10.2. The zero-order chi connectivity index (χ0) is 19.1. The molecule has 0 atom stereocenters. The Morgan fingerprint density at radius 3 is 2.69 bits per heavy atom. The van der Waals surface area contributed by atoms with Crippen molar-refractivity contribution in [3.05, 3.63) is 53.2 Å². The van der Waals surface area contributed by atoms with Crippen LogP contribution in [0.1, 0.15) is 34.7 Å². The number of esters is 1. The van der Waals surface area contributed by atoms with Crippen LogP contribution in [-0.4, -0.2) is 37.5 Å². The second-order valence-corrected chi connectivity index (χ2v) is 5.81. The normalized spacial score (nSPS) is 10.5. The van der Waals surface area contributed by atoms with E-state index in [4.69, 9.17) is 9.15 Å². The van der Waals surface area contributed by atoms with Crippen LogP contribution in [-0.2, 0) is 16.1 Å². The number of carbonyl (C=O) groups is 2. The summed E-state index contributed by atoms with van der Waals surface area (Å²) in [6.45, 7) is 2.15. The molecule has 1 heterocycles. The van der Waals surface area contributed by atoms with E-state index in [0.29, 0.717) is 23.5 Å². The smallest absolute Gasteiger partial charge is 0.341 e. The molecule has 140 valence electrons. The lowest BCUT2D eigenvalue weighted by Gasteiger charge is -2.15. The van der Waals surface area contributed by atoms with Gasteiger partial charge in [0.15, 0.2) is 11.6 Å². The molecule has 6 nitrogen and oxygen atoms in total. The minimum atomic E-state index is -0.475. The lowest BCUT2D eigenvalue weighted by molar-refractivity contribution is -0.130. The molecule has 1 aromatic carbocycles. The number of benzene rings is 1. The maximum Gasteiger partial charge on any atom is 0.341 e. The minimum Gasteiger partial charge on any atom is -0.491 e. The van der Waals surface area contributed by atoms with Crippen LogP contribution in [0.15, 0.2) is 34.7 Å². The third-order valence-corrected chi connectivity index (χ3v) is 3.82. The van der Waals surface area contributed by atoms with Gasteiger partial charge in [-0.3, -0.25) is 4.79 Å². The summed E-state index contributed by atoms with van der Waals surface area (Å²) >= 11 is 0. The SMILES string of the molecule is COC(=O)c1cc(CN(C)C(=O)CCCOc2ccccc2F)oc1C. The van der Waals surface area contributed by atoms with E-state index in [9.17, 15) is 14.0 Å². The molecule has 0 radical (unpaired) electrons. The van der Waals surface area contributed by atoms with Gasteiger partial charge >= 0.3 is 5.97 Å². The lowest BCUT2D eigenvalue weighted by Crippen LogP contribution is -2.26. The monoisotopic (exact) mass is 363 g/mol. The third-order valence-electron chi connectivity index (χ3n) is 3.82. The minimum absolute atomic E-state index is 0.101. The number of hydrogen-bond acceptors (Lipinski definition) is 5. The molecule has 26 heavy (non-hydrogen) atoms. The Kier molecular flexibility index (Phi) is 6.77. The van der Waals surface area contributed by atoms with Crippen LogP contribution in [0, 0.1) is 12.7 Å². The van der Waals surface area contributed by atoms with Crippen LogP contribution in [0.2, 0.25) is 0 Å². The summed E-state index contributed by atoms with van der Waals surface area (Å²) in [4.78, 5) is 25.3. The first-order valence-electron chi connectivity index (χ1n) is 8.21. The van der Waals surface area contributed by atoms with E-state index >= 15 is 0 Å². The number of rotatable bonds is 8. The van der Waals surface area contributed by atoms with Crippen LogP contribution in [0.4, 0.5) is 4.39 Å². The maximum atomic E-state index is 13.4. The van der Waals surface area contributed by atoms with E-state index in [1.807, 2.05) is 0 Å². The van der Waals surface area contributed by atoms with Crippen molar-refractivity contribution in [2.24, 2.45) is 0 Å². The van der Waals surface area contributed by atoms with E-state index in [1.165, 1.54) is 18.1 Å². The number of aryl methyl sites for hydroxylation is 1. The topological polar surface area (TPSA) is 69.0 Å². The highest BCUT2D eigenvalue weighted by Crippen LogP contribution is 2.18. The molecule has 0 N–H and O–H groups in total. The molecule has 0 aliphatic carbocycles. The first-order valence-corrected chi connectivity index (χ1v) is 8.21. The van der Waals surface area contributed by atoms with Gasteiger partial charge in [-0.05, 0) is 31.5 Å². The maximum absolute atomic E-state index is 13.4. The number of hydrogen-bond donors (Lipinski definition) is 0. The Morgan fingerprint density at radius 2 is 2.00 bits per heavy atom. The first kappa shape index (κ1) is 19.5. The van der Waals surface area contributed by atoms with Crippen LogP contribution < -0.4 is 4.74 Å². The van der Waals surface area contributed by atoms with Crippen molar-refractivity contribution in [2.45, 2.75) is 26.3 Å². The van der Waals surface area contributed by atoms with Gasteiger partial charge in [-0.1, -0.05) is 12.1 Å². The summed E-state index contributed by atoms with van der Waals surface area (Å²) in [6.07, 6.45) is 0.719. The summed E-state index contributed by atoms with van der Waals surface area (Å²) < 4.78 is 28.9. The summed E-state index contributed by atoms with van der Waals surface area (Å²) in [5.74, 6) is 0.125. The van der Waals surface area contributed by atoms with Crippen molar-refractivity contribution in [1.29, 1.82) is 0 Å². The molecule has 2 rings (SSSR count). The Morgan fingerprint density at radius 1 is 1.27 bits per heavy atom. The van der Waals surface area contributed by atoms with Crippen molar-refractivity contribution < 1.29 is 27.9 Å². The van der Waals surface area contributed by atoms with Crippen LogP contribution in [0.3, 0.4) is 0 Å². The van der Waals surface area contributed by atoms with E-state index in [2.05, 4.69) is 4.74 Å². The summed E-state index contributed by atoms with van der Waals surface area (Å²) in [5.41, 5.74) is 0.349. The van der Waals surface area contributed by atoms with Crippen molar-refractivity contribution in [3.8, 4) is 5.75 Å². The second-order valence-electron chi connectivity index (χ2n) is 5.81. The number of halogens is 1. The molecule has 7 heteroatoms. The quantitative estimate of drug-likeness (QED) is 0.531. The van der Waals surface area contributed by atoms with Gasteiger partial charge in [0.25, 0.3) is 0 Å². The molecule has 0 spiro atoms. The second kappa shape index (κ2) is 9.03. The van der Waals surface area contributed by atoms with Crippen LogP contribution >= 0.6 is 0 Å². The number of ether oxygens (including phenoxy) is 2. The fourth-order valence-corrected chi connectivity index (χ4v) is 2.41. The first-order chi connectivity index (χ1) is 12.4. The standard InChI is InChI=1S/C19H22FNO5/c1-13-15(19(23)24-3)11-14(26-13)12-21(2)18(22)9-6-10-25-17-8-5-4-7-16(17)20/h4-5,7-8,11H,6,9-10,12H2,1-3H3. The molecule has 0 unspecified atom stereocenters. The zero-order valence-electron chi connectivity index (χ0n) is 15.1. The molecule has 0 saturated carbocycles. The predicted molar refractivity (Wildman–Crippen MR) is 92.4 cm³/mol. The van der Waals surface area contributed by atoms with Crippen LogP contribution in [0.25, 0.3) is 0 Å². The Bertz CT molecular complexity index is 771. The fraction of sp³-hybridized carbons (Fsp3) is 0.368. The molecule has 2 aromatic rings. The zero-order valence-corrected chi connectivity index (χ0v) is 15.1. The Hall–Kier alpha value is -2.83. The molecule has 1 aromatic heterocycles. The fourth-order valence-electron chi connectivity index (χ4n) is 2.41. The van der Waals surface area contributed by atoms with Crippen molar-refractivity contribution in [1.82, 2.24) is 4.90 Å². The highest BCUT2D eigenvalue weighted by atomic mass is 19.1. The number of furan rings is 1. The number of para-hydroxylation sites is 1. The number of carbonyl (C=O) groups excluding carboxylic acids is 2. The van der Waals surface area contributed by atoms with Crippen molar-refractivity contribution in [3.63, 3.8) is 0 Å². The predicted octanol–water partition coefficient (Wildman–Crippen LogP) is 3.33. The molecule has 0 saturated heterocycles. The molecule has 1 amide bonds. The molecule has 0 aliphatic rings. The number of nitrogens with zero attached hydrogens (tertiary/aromatic N) is 1. The highest BCUT2D eigenvalue weighted by Gasteiger charge is 2.17. The van der Waals surface area contributed by atoms with E-state index in [-0.39, 0.29) is 31.2 Å². The average molecular weight is 363 g/mol. The van der Waals surface area contributed by atoms with E-state index in [1.54, 1.807) is 38.2 Å². The Balaban J connectivity index is 1.79. The summed E-state index contributed by atoms with van der Waals surface area (Å²) in [6, 6.07) is 7.71. The molecular weight excluding hydrogens is 341 g/mol. The number of methoxy groups -OCH3 is 1. The van der Waals surface area contributed by atoms with E-state index in [0.717, 1.165) is 0 Å². The molecule has 0 aliphatic heterocycles. The van der Waals surface area contributed by atoms with Gasteiger partial charge in [-0.15, -0.1) is 0 Å². The summed E-state index contributed by atoms with van der Waals surface area (Å²) in [5, 5.41) is 0. The third kappa shape index (κ3) is 5.08. The largest absolute Gasteiger partial charge is 0.491 e. The van der Waals surface area contributed by atoms with Gasteiger partial charge < -0.3 is 18.8 Å². The van der Waals surface area contributed by atoms with Crippen molar-refractivity contribution >= 4 is 11.9 Å². The van der Waals surface area contributed by atoms with Gasteiger partial charge in [0.2, 0.25) is 5.91 Å². The number of amides is 1. The van der Waals surface area contributed by atoms with Crippen molar-refractivity contribution in [2.75, 3.05) is 20.8 Å². The van der Waals surface area contributed by atoms with E-state index < -0.39 is 11.8 Å². The van der Waals surface area contributed by atoms with Gasteiger partial charge in [0, 0.05) is 13.5 Å². The van der Waals surface area contributed by atoms with Gasteiger partial charge in [-0.2, -0.15) is 0 Å². The Labute approximate surface area is 151 Å². The average Bonchev–Trinajstić information content (AvgIpc) is 2.99. The highest BCUT2D eigenvalue weighted by molar-refractivity contribution is 5.90. The van der Waals surface area contributed by atoms with Gasteiger partial charge in [0.1, 0.15) is 17.1 Å². The summed E-state index contributed by atoms with van der Waals surface area (Å²) in [7, 11) is 2.95. The molecular formula is C19H22FNO5.